The van der Waals surface area contributed by atoms with Gasteiger partial charge in [0.2, 0.25) is 0 Å². The third kappa shape index (κ3) is 2.91. The summed E-state index contributed by atoms with van der Waals surface area (Å²) in [4.78, 5) is 0. The monoisotopic (exact) mass is 287 g/mol. The van der Waals surface area contributed by atoms with E-state index in [9.17, 15) is 0 Å². The Morgan fingerprint density at radius 3 is 2.75 bits per heavy atom. The maximum atomic E-state index is 3.69. The molecule has 1 aliphatic carbocycles. The van der Waals surface area contributed by atoms with Crippen molar-refractivity contribution in [2.45, 2.75) is 39.5 Å². The molecule has 2 aromatic rings. The van der Waals surface area contributed by atoms with Crippen LogP contribution in [0.1, 0.15) is 38.7 Å². The molecule has 1 heterocycles. The van der Waals surface area contributed by atoms with Gasteiger partial charge < -0.3 is 5.32 Å². The van der Waals surface area contributed by atoms with Crippen molar-refractivity contribution in [3.63, 3.8) is 0 Å². The average Bonchev–Trinajstić information content (AvgIpc) is 2.79. The Balaban J connectivity index is 1.71. The zero-order valence-electron chi connectivity index (χ0n) is 12.6. The SMILES string of the molecule is CC(C)CNCC1(Cc2csc3ccccc23)CCC1. The molecule has 1 aromatic heterocycles. The van der Waals surface area contributed by atoms with Gasteiger partial charge in [0.1, 0.15) is 0 Å². The predicted octanol–water partition coefficient (Wildman–Crippen LogP) is 4.86. The highest BCUT2D eigenvalue weighted by Crippen LogP contribution is 2.44. The molecule has 1 fully saturated rings. The number of nitrogens with one attached hydrogen (secondary N) is 1. The number of hydrogen-bond donors (Lipinski definition) is 1. The molecule has 0 bridgehead atoms. The third-order valence-corrected chi connectivity index (χ3v) is 5.61. The number of thiophene rings is 1. The van der Waals surface area contributed by atoms with E-state index < -0.39 is 0 Å². The van der Waals surface area contributed by atoms with Crippen molar-refractivity contribution in [3.8, 4) is 0 Å². The molecule has 0 amide bonds. The van der Waals surface area contributed by atoms with E-state index in [0.29, 0.717) is 5.41 Å². The fourth-order valence-corrected chi connectivity index (χ4v) is 4.26. The summed E-state index contributed by atoms with van der Waals surface area (Å²) in [6, 6.07) is 8.85. The molecule has 1 N–H and O–H groups in total. The molecule has 1 aliphatic rings. The van der Waals surface area contributed by atoms with Crippen molar-refractivity contribution in [1.29, 1.82) is 0 Å². The molecule has 0 spiro atoms. The Kier molecular flexibility index (Phi) is 4.13. The topological polar surface area (TPSA) is 12.0 Å². The fraction of sp³-hybridized carbons (Fsp3) is 0.556. The van der Waals surface area contributed by atoms with E-state index in [4.69, 9.17) is 0 Å². The van der Waals surface area contributed by atoms with Gasteiger partial charge in [-0.05, 0) is 59.5 Å². The van der Waals surface area contributed by atoms with E-state index in [-0.39, 0.29) is 0 Å². The minimum Gasteiger partial charge on any atom is -0.316 e. The summed E-state index contributed by atoms with van der Waals surface area (Å²) in [6.07, 6.45) is 5.44. The lowest BCUT2D eigenvalue weighted by Crippen LogP contribution is -2.42. The molecule has 0 unspecified atom stereocenters. The molecule has 1 aromatic carbocycles. The molecular formula is C18H25NS. The Bertz CT molecular complexity index is 566. The molecule has 1 saturated carbocycles. The molecular weight excluding hydrogens is 262 g/mol. The average molecular weight is 287 g/mol. The van der Waals surface area contributed by atoms with Crippen molar-refractivity contribution in [2.24, 2.45) is 11.3 Å². The van der Waals surface area contributed by atoms with Gasteiger partial charge in [-0.15, -0.1) is 11.3 Å². The van der Waals surface area contributed by atoms with Crippen molar-refractivity contribution >= 4 is 21.4 Å². The summed E-state index contributed by atoms with van der Waals surface area (Å²) in [6.45, 7) is 6.90. The van der Waals surface area contributed by atoms with Crippen LogP contribution in [0.15, 0.2) is 29.6 Å². The minimum atomic E-state index is 0.527. The largest absolute Gasteiger partial charge is 0.316 e. The third-order valence-electron chi connectivity index (χ3n) is 4.59. The van der Waals surface area contributed by atoms with Gasteiger partial charge in [0, 0.05) is 11.2 Å². The molecule has 3 rings (SSSR count). The van der Waals surface area contributed by atoms with Crippen LogP contribution in [0.25, 0.3) is 10.1 Å². The summed E-state index contributed by atoms with van der Waals surface area (Å²) in [5.74, 6) is 0.745. The van der Waals surface area contributed by atoms with Crippen LogP contribution in [0.5, 0.6) is 0 Å². The minimum absolute atomic E-state index is 0.527. The summed E-state index contributed by atoms with van der Waals surface area (Å²) >= 11 is 1.90. The van der Waals surface area contributed by atoms with Crippen molar-refractivity contribution < 1.29 is 0 Å². The van der Waals surface area contributed by atoms with Crippen molar-refractivity contribution in [2.75, 3.05) is 13.1 Å². The highest BCUT2D eigenvalue weighted by molar-refractivity contribution is 7.17. The molecule has 108 valence electrons. The summed E-state index contributed by atoms with van der Waals surface area (Å²) < 4.78 is 1.44. The fourth-order valence-electron chi connectivity index (χ4n) is 3.29. The first-order chi connectivity index (χ1) is 9.69. The van der Waals surface area contributed by atoms with Gasteiger partial charge >= 0.3 is 0 Å². The van der Waals surface area contributed by atoms with Gasteiger partial charge in [-0.3, -0.25) is 0 Å². The number of hydrogen-bond acceptors (Lipinski definition) is 2. The highest BCUT2D eigenvalue weighted by atomic mass is 32.1. The van der Waals surface area contributed by atoms with Crippen molar-refractivity contribution in [3.05, 3.63) is 35.2 Å². The maximum Gasteiger partial charge on any atom is 0.0345 e. The van der Waals surface area contributed by atoms with Crippen LogP contribution in [0.3, 0.4) is 0 Å². The van der Waals surface area contributed by atoms with Crippen molar-refractivity contribution in [1.82, 2.24) is 5.32 Å². The quantitative estimate of drug-likeness (QED) is 0.800. The zero-order valence-corrected chi connectivity index (χ0v) is 13.4. The van der Waals surface area contributed by atoms with Crippen LogP contribution in [-0.2, 0) is 6.42 Å². The zero-order chi connectivity index (χ0) is 14.0. The van der Waals surface area contributed by atoms with Gasteiger partial charge in [0.25, 0.3) is 0 Å². The van der Waals surface area contributed by atoms with E-state index in [1.165, 1.54) is 42.3 Å². The Morgan fingerprint density at radius 2 is 2.05 bits per heavy atom. The van der Waals surface area contributed by atoms with Crippen LogP contribution in [0.4, 0.5) is 0 Å². The summed E-state index contributed by atoms with van der Waals surface area (Å²) in [7, 11) is 0. The van der Waals surface area contributed by atoms with E-state index in [1.54, 1.807) is 5.56 Å². The van der Waals surface area contributed by atoms with Crippen LogP contribution in [0.2, 0.25) is 0 Å². The van der Waals surface area contributed by atoms with E-state index in [0.717, 1.165) is 12.5 Å². The molecule has 20 heavy (non-hydrogen) atoms. The first kappa shape index (κ1) is 14.1. The summed E-state index contributed by atoms with van der Waals surface area (Å²) in [5, 5.41) is 7.55. The van der Waals surface area contributed by atoms with Gasteiger partial charge in [-0.25, -0.2) is 0 Å². The van der Waals surface area contributed by atoms with Gasteiger partial charge in [-0.1, -0.05) is 38.5 Å². The first-order valence-corrected chi connectivity index (χ1v) is 8.72. The smallest absolute Gasteiger partial charge is 0.0345 e. The molecule has 2 heteroatoms. The summed E-state index contributed by atoms with van der Waals surface area (Å²) in [5.41, 5.74) is 2.09. The second kappa shape index (κ2) is 5.87. The molecule has 0 radical (unpaired) electrons. The van der Waals surface area contributed by atoms with Crippen LogP contribution < -0.4 is 5.32 Å². The Hall–Kier alpha value is -0.860. The normalized spacial score (nSPS) is 17.6. The Labute approximate surface area is 126 Å². The van der Waals surface area contributed by atoms with E-state index in [1.807, 2.05) is 11.3 Å². The Morgan fingerprint density at radius 1 is 1.25 bits per heavy atom. The van der Waals surface area contributed by atoms with Gasteiger partial charge in [0.05, 0.1) is 0 Å². The maximum absolute atomic E-state index is 3.69. The second-order valence-corrected chi connectivity index (χ2v) is 7.72. The second-order valence-electron chi connectivity index (χ2n) is 6.81. The lowest BCUT2D eigenvalue weighted by molar-refractivity contribution is 0.129. The highest BCUT2D eigenvalue weighted by Gasteiger charge is 2.37. The predicted molar refractivity (Wildman–Crippen MR) is 89.5 cm³/mol. The lowest BCUT2D eigenvalue weighted by atomic mass is 9.65. The molecule has 1 nitrogen and oxygen atoms in total. The first-order valence-electron chi connectivity index (χ1n) is 7.84. The van der Waals surface area contributed by atoms with E-state index in [2.05, 4.69) is 48.8 Å². The van der Waals surface area contributed by atoms with Gasteiger partial charge in [0.15, 0.2) is 0 Å². The van der Waals surface area contributed by atoms with Crippen LogP contribution >= 0.6 is 11.3 Å². The molecule has 0 saturated heterocycles. The van der Waals surface area contributed by atoms with Gasteiger partial charge in [-0.2, -0.15) is 0 Å². The van der Waals surface area contributed by atoms with Crippen LogP contribution in [0, 0.1) is 11.3 Å². The number of fused-ring (bicyclic) bond motifs is 1. The number of benzene rings is 1. The van der Waals surface area contributed by atoms with E-state index >= 15 is 0 Å². The number of rotatable bonds is 6. The standard InChI is InChI=1S/C18H25NS/c1-14(2)11-19-13-18(8-5-9-18)10-15-12-20-17-7-4-3-6-16(15)17/h3-4,6-7,12,14,19H,5,8-11,13H2,1-2H3. The lowest BCUT2D eigenvalue weighted by Gasteiger charge is -2.42. The molecule has 0 aliphatic heterocycles. The molecule has 0 atom stereocenters. The van der Waals surface area contributed by atoms with Crippen LogP contribution in [-0.4, -0.2) is 13.1 Å².